The predicted octanol–water partition coefficient (Wildman–Crippen LogP) is 7.23. The van der Waals surface area contributed by atoms with Crippen LogP contribution in [0.15, 0.2) is 35.9 Å². The molecule has 0 unspecified atom stereocenters. The first kappa shape index (κ1) is 33.7. The summed E-state index contributed by atoms with van der Waals surface area (Å²) in [7, 11) is -4.77. The van der Waals surface area contributed by atoms with E-state index in [-0.39, 0.29) is 17.7 Å². The Morgan fingerprint density at radius 2 is 1.03 bits per heavy atom. The van der Waals surface area contributed by atoms with E-state index < -0.39 is 73.1 Å². The monoisotopic (exact) mass is 618 g/mol. The summed E-state index contributed by atoms with van der Waals surface area (Å²) in [5, 5.41) is 0. The molecule has 0 aliphatic carbocycles. The number of alkyl halides is 15. The van der Waals surface area contributed by atoms with Gasteiger partial charge in [-0.2, -0.15) is 65.9 Å². The van der Waals surface area contributed by atoms with Gasteiger partial charge in [-0.1, -0.05) is 12.1 Å². The minimum atomic E-state index is -8.15. The number of hydrogen-bond acceptors (Lipinski definition) is 2. The van der Waals surface area contributed by atoms with Crippen LogP contribution in [0.2, 0.25) is 0 Å². The van der Waals surface area contributed by atoms with Crippen LogP contribution in [0, 0.1) is 0 Å². The van der Waals surface area contributed by atoms with Crippen molar-refractivity contribution in [1.82, 2.24) is 0 Å². The molecule has 0 spiro atoms. The van der Waals surface area contributed by atoms with Crippen LogP contribution in [-0.2, 0) is 10.7 Å². The van der Waals surface area contributed by atoms with Crippen LogP contribution in [0.5, 0.6) is 5.75 Å². The molecule has 0 atom stereocenters. The molecule has 0 saturated carbocycles. The minimum Gasteiger partial charge on any atom is -0.428 e. The van der Waals surface area contributed by atoms with Gasteiger partial charge in [-0.25, -0.2) is 8.78 Å². The topological polar surface area (TPSA) is 66.8 Å². The van der Waals surface area contributed by atoms with Crippen LogP contribution >= 0.6 is 7.60 Å². The molecule has 1 rings (SSSR count). The lowest BCUT2D eigenvalue weighted by atomic mass is 9.99. The van der Waals surface area contributed by atoms with Crippen LogP contribution in [0.1, 0.15) is 5.56 Å². The highest BCUT2D eigenvalue weighted by Crippen LogP contribution is 2.58. The Morgan fingerprint density at radius 1 is 0.658 bits per heavy atom. The lowest BCUT2D eigenvalue weighted by Crippen LogP contribution is -2.62. The second kappa shape index (κ2) is 9.72. The van der Waals surface area contributed by atoms with E-state index in [4.69, 9.17) is 9.79 Å². The Labute approximate surface area is 197 Å². The number of halogens is 17. The second-order valence-corrected chi connectivity index (χ2v) is 8.73. The standard InChI is InChI=1S/C16H8F17O4P/c17-8(10(19,20)12(23,24)14(27,28)15(29,30)31)9(18)11(21,22)13(25,26)16(32,33)37-7-3-1-6(2-4-7)5-38(34,35)36/h1-4H,5H2,(H2,34,35,36)/b9-8+. The highest BCUT2D eigenvalue weighted by Gasteiger charge is 2.84. The molecule has 0 amide bonds. The Kier molecular flexibility index (Phi) is 8.64. The fourth-order valence-corrected chi connectivity index (χ4v) is 2.91. The third-order valence-corrected chi connectivity index (χ3v) is 4.98. The zero-order chi connectivity index (χ0) is 30.6. The Hall–Kier alpha value is -2.28. The molecule has 22 heteroatoms. The smallest absolute Gasteiger partial charge is 0.428 e. The van der Waals surface area contributed by atoms with Gasteiger partial charge in [0.15, 0.2) is 0 Å². The molecular formula is C16H8F17O4P. The Balaban J connectivity index is 3.48. The van der Waals surface area contributed by atoms with Gasteiger partial charge in [0.1, 0.15) is 5.75 Å². The third-order valence-electron chi connectivity index (χ3n) is 4.21. The van der Waals surface area contributed by atoms with E-state index >= 15 is 0 Å². The van der Waals surface area contributed by atoms with Gasteiger partial charge in [-0.05, 0) is 17.7 Å². The SMILES string of the molecule is O=P(O)(O)Cc1ccc(OC(F)(F)C(F)(F)C(F)(F)/C(F)=C(\F)C(F)(F)C(F)(F)C(F)(F)C(F)(F)F)cc1. The third kappa shape index (κ3) is 5.83. The number of ether oxygens (including phenoxy) is 1. The summed E-state index contributed by atoms with van der Waals surface area (Å²) in [6, 6.07) is 1.33. The van der Waals surface area contributed by atoms with Crippen molar-refractivity contribution in [1.29, 1.82) is 0 Å². The van der Waals surface area contributed by atoms with E-state index in [9.17, 15) is 79.2 Å². The zero-order valence-corrected chi connectivity index (χ0v) is 18.0. The lowest BCUT2D eigenvalue weighted by Gasteiger charge is -2.34. The lowest BCUT2D eigenvalue weighted by molar-refractivity contribution is -0.392. The van der Waals surface area contributed by atoms with Crippen molar-refractivity contribution in [3.8, 4) is 5.75 Å². The van der Waals surface area contributed by atoms with Crippen molar-refractivity contribution < 1.29 is 93.7 Å². The van der Waals surface area contributed by atoms with Gasteiger partial charge in [0.05, 0.1) is 6.16 Å². The molecule has 0 aliphatic rings. The molecule has 0 radical (unpaired) electrons. The molecule has 4 nitrogen and oxygen atoms in total. The largest absolute Gasteiger partial charge is 0.471 e. The van der Waals surface area contributed by atoms with Crippen LogP contribution < -0.4 is 4.74 Å². The Bertz CT molecular complexity index is 1090. The van der Waals surface area contributed by atoms with Gasteiger partial charge in [-0.3, -0.25) is 4.57 Å². The average molecular weight is 618 g/mol. The molecule has 0 heterocycles. The molecule has 2 N–H and O–H groups in total. The number of rotatable bonds is 10. The molecule has 0 bridgehead atoms. The van der Waals surface area contributed by atoms with Crippen molar-refractivity contribution in [3.05, 3.63) is 41.5 Å². The highest BCUT2D eigenvalue weighted by molar-refractivity contribution is 7.50. The second-order valence-electron chi connectivity index (χ2n) is 7.08. The molecule has 220 valence electrons. The van der Waals surface area contributed by atoms with E-state index in [0.717, 1.165) is 0 Å². The quantitative estimate of drug-likeness (QED) is 0.215. The molecule has 0 saturated heterocycles. The van der Waals surface area contributed by atoms with Gasteiger partial charge in [0.25, 0.3) is 0 Å². The van der Waals surface area contributed by atoms with Crippen molar-refractivity contribution >= 4 is 7.60 Å². The number of hydrogen-bond donors (Lipinski definition) is 2. The maximum absolute atomic E-state index is 13.8. The molecule has 1 aromatic carbocycles. The van der Waals surface area contributed by atoms with Gasteiger partial charge in [-0.15, -0.1) is 0 Å². The summed E-state index contributed by atoms with van der Waals surface area (Å²) in [5.74, 6) is -51.5. The summed E-state index contributed by atoms with van der Waals surface area (Å²) >= 11 is 0. The van der Waals surface area contributed by atoms with Crippen molar-refractivity contribution in [2.75, 3.05) is 0 Å². The van der Waals surface area contributed by atoms with Crippen LogP contribution in [-0.4, -0.2) is 51.7 Å². The van der Waals surface area contributed by atoms with Crippen molar-refractivity contribution in [2.45, 2.75) is 48.1 Å². The van der Waals surface area contributed by atoms with Gasteiger partial charge >= 0.3 is 49.5 Å². The minimum absolute atomic E-state index is 0.174. The van der Waals surface area contributed by atoms with E-state index in [2.05, 4.69) is 4.74 Å². The van der Waals surface area contributed by atoms with E-state index in [1.165, 1.54) is 0 Å². The van der Waals surface area contributed by atoms with E-state index in [1.54, 1.807) is 0 Å². The zero-order valence-electron chi connectivity index (χ0n) is 17.1. The molecule has 38 heavy (non-hydrogen) atoms. The van der Waals surface area contributed by atoms with Crippen LogP contribution in [0.25, 0.3) is 0 Å². The molecular weight excluding hydrogens is 610 g/mol. The Morgan fingerprint density at radius 3 is 1.37 bits per heavy atom. The fraction of sp³-hybridized carbons (Fsp3) is 0.500. The first-order valence-electron chi connectivity index (χ1n) is 8.69. The first-order chi connectivity index (χ1) is 16.5. The maximum Gasteiger partial charge on any atom is 0.471 e. The van der Waals surface area contributed by atoms with Gasteiger partial charge in [0.2, 0.25) is 11.7 Å². The molecule has 0 fully saturated rings. The number of allylic oxidation sites excluding steroid dienone is 2. The average Bonchev–Trinajstić information content (AvgIpc) is 2.71. The molecule has 0 aliphatic heterocycles. The normalized spacial score (nSPS) is 15.9. The summed E-state index contributed by atoms with van der Waals surface area (Å²) < 4.78 is 238. The maximum atomic E-state index is 13.8. The summed E-state index contributed by atoms with van der Waals surface area (Å²) in [5.41, 5.74) is -0.388. The van der Waals surface area contributed by atoms with E-state index in [1.807, 2.05) is 0 Å². The van der Waals surface area contributed by atoms with Crippen molar-refractivity contribution in [2.24, 2.45) is 0 Å². The molecule has 0 aromatic heterocycles. The number of benzene rings is 1. The van der Waals surface area contributed by atoms with Crippen LogP contribution in [0.3, 0.4) is 0 Å². The van der Waals surface area contributed by atoms with Crippen LogP contribution in [0.4, 0.5) is 74.6 Å². The van der Waals surface area contributed by atoms with Gasteiger partial charge < -0.3 is 14.5 Å². The van der Waals surface area contributed by atoms with Crippen molar-refractivity contribution in [3.63, 3.8) is 0 Å². The van der Waals surface area contributed by atoms with Gasteiger partial charge in [0, 0.05) is 0 Å². The summed E-state index contributed by atoms with van der Waals surface area (Å²) in [6.45, 7) is 0. The highest BCUT2D eigenvalue weighted by atomic mass is 31.2. The van der Waals surface area contributed by atoms with E-state index in [0.29, 0.717) is 12.1 Å². The summed E-state index contributed by atoms with van der Waals surface area (Å²) in [4.78, 5) is 17.4. The summed E-state index contributed by atoms with van der Waals surface area (Å²) in [6.07, 6.45) is -15.5. The molecule has 1 aromatic rings. The predicted molar refractivity (Wildman–Crippen MR) is 87.8 cm³/mol. The first-order valence-corrected chi connectivity index (χ1v) is 10.5. The fourth-order valence-electron chi connectivity index (χ4n) is 2.22.